The number of amides is 1. The Hall–Kier alpha value is -1.23. The third-order valence-electron chi connectivity index (χ3n) is 5.25. The maximum absolute atomic E-state index is 12.4. The van der Waals surface area contributed by atoms with Crippen molar-refractivity contribution in [2.45, 2.75) is 33.6 Å². The van der Waals surface area contributed by atoms with Crippen molar-refractivity contribution in [3.8, 4) is 0 Å². The lowest BCUT2D eigenvalue weighted by atomic mass is 9.64. The van der Waals surface area contributed by atoms with Gasteiger partial charge >= 0.3 is 0 Å². The van der Waals surface area contributed by atoms with Gasteiger partial charge in [-0.25, -0.2) is 5.01 Å². The van der Waals surface area contributed by atoms with Crippen molar-refractivity contribution in [1.82, 2.24) is 10.4 Å². The monoisotopic (exact) mass is 252 g/mol. The summed E-state index contributed by atoms with van der Waals surface area (Å²) in [5.41, 5.74) is 0.126. The van der Waals surface area contributed by atoms with E-state index in [1.807, 2.05) is 20.8 Å². The average molecular weight is 252 g/mol. The van der Waals surface area contributed by atoms with E-state index in [0.717, 1.165) is 0 Å². The number of carbonyl (C=O) groups excluding carboxylic acids is 3. The highest BCUT2D eigenvalue weighted by molar-refractivity contribution is 6.48. The lowest BCUT2D eigenvalue weighted by molar-refractivity contribution is -0.151. The summed E-state index contributed by atoms with van der Waals surface area (Å²) in [7, 11) is 3.38. The molecule has 0 heterocycles. The van der Waals surface area contributed by atoms with Gasteiger partial charge in [0.05, 0.1) is 0 Å². The molecule has 2 saturated carbocycles. The number of hydrogen-bond donors (Lipinski definition) is 1. The van der Waals surface area contributed by atoms with E-state index in [9.17, 15) is 14.4 Å². The third-order valence-corrected chi connectivity index (χ3v) is 5.25. The van der Waals surface area contributed by atoms with Gasteiger partial charge in [0.1, 0.15) is 5.41 Å². The second-order valence-electron chi connectivity index (χ2n) is 6.36. The maximum Gasteiger partial charge on any atom is 0.249 e. The number of fused-ring (bicyclic) bond motifs is 2. The van der Waals surface area contributed by atoms with Crippen LogP contribution in [0.3, 0.4) is 0 Å². The molecule has 0 aromatic heterocycles. The second-order valence-corrected chi connectivity index (χ2v) is 6.36. The Labute approximate surface area is 107 Å². The SMILES string of the molecule is CN(C)NC(=O)[C@@]12CC[C@](C)(C(=O)C1=O)C2(C)C. The Morgan fingerprint density at radius 3 is 2.06 bits per heavy atom. The number of ketones is 2. The fourth-order valence-corrected chi connectivity index (χ4v) is 3.57. The summed E-state index contributed by atoms with van der Waals surface area (Å²) < 4.78 is 0. The normalized spacial score (nSPS) is 37.4. The van der Waals surface area contributed by atoms with Crippen molar-refractivity contribution >= 4 is 17.5 Å². The Morgan fingerprint density at radius 1 is 1.11 bits per heavy atom. The molecule has 0 aliphatic heterocycles. The summed E-state index contributed by atoms with van der Waals surface area (Å²) in [5.74, 6) is -1.25. The van der Waals surface area contributed by atoms with E-state index >= 15 is 0 Å². The van der Waals surface area contributed by atoms with Crippen LogP contribution in [0.15, 0.2) is 0 Å². The molecular weight excluding hydrogens is 232 g/mol. The average Bonchev–Trinajstić information content (AvgIpc) is 2.51. The highest BCUT2D eigenvalue weighted by atomic mass is 16.2. The molecular formula is C13H20N2O3. The van der Waals surface area contributed by atoms with E-state index in [0.29, 0.717) is 12.8 Å². The molecule has 5 nitrogen and oxygen atoms in total. The molecule has 1 N–H and O–H groups in total. The zero-order chi connectivity index (χ0) is 13.9. The van der Waals surface area contributed by atoms with Gasteiger partial charge in [-0.2, -0.15) is 0 Å². The second kappa shape index (κ2) is 3.41. The summed E-state index contributed by atoms with van der Waals surface area (Å²) in [4.78, 5) is 36.9. The molecule has 0 unspecified atom stereocenters. The predicted octanol–water partition coefficient (Wildman–Crippen LogP) is 0.544. The van der Waals surface area contributed by atoms with Crippen molar-refractivity contribution < 1.29 is 14.4 Å². The fourth-order valence-electron chi connectivity index (χ4n) is 3.57. The van der Waals surface area contributed by atoms with Gasteiger partial charge in [-0.3, -0.25) is 19.8 Å². The van der Waals surface area contributed by atoms with Crippen LogP contribution in [0.5, 0.6) is 0 Å². The number of Topliss-reactive ketones (excluding diaryl/α,β-unsaturated/α-hetero) is 2. The lowest BCUT2D eigenvalue weighted by Crippen LogP contribution is -2.53. The summed E-state index contributed by atoms with van der Waals surface area (Å²) in [5, 5.41) is 1.51. The maximum atomic E-state index is 12.4. The van der Waals surface area contributed by atoms with Crippen molar-refractivity contribution in [3.63, 3.8) is 0 Å². The van der Waals surface area contributed by atoms with Gasteiger partial charge in [0.25, 0.3) is 0 Å². The standard InChI is InChI=1S/C13H20N2O3/c1-11(2)12(3)6-7-13(11,9(17)8(12)16)10(18)14-15(4)5/h6-7H2,1-5H3,(H,14,18)/t12-,13-/m1/s1. The highest BCUT2D eigenvalue weighted by Crippen LogP contribution is 2.68. The molecule has 1 amide bonds. The molecule has 2 atom stereocenters. The van der Waals surface area contributed by atoms with Crippen LogP contribution in [-0.4, -0.2) is 36.6 Å². The zero-order valence-corrected chi connectivity index (χ0v) is 11.6. The van der Waals surface area contributed by atoms with Crippen molar-refractivity contribution in [1.29, 1.82) is 0 Å². The first-order chi connectivity index (χ1) is 8.11. The Kier molecular flexibility index (Phi) is 2.50. The van der Waals surface area contributed by atoms with E-state index in [4.69, 9.17) is 0 Å². The molecule has 2 aliphatic rings. The van der Waals surface area contributed by atoms with Gasteiger partial charge in [-0.05, 0) is 18.3 Å². The van der Waals surface area contributed by atoms with Crippen LogP contribution < -0.4 is 5.43 Å². The molecule has 100 valence electrons. The number of hydrogen-bond acceptors (Lipinski definition) is 4. The third kappa shape index (κ3) is 1.13. The van der Waals surface area contributed by atoms with Crippen molar-refractivity contribution in [3.05, 3.63) is 0 Å². The van der Waals surface area contributed by atoms with Gasteiger partial charge in [-0.1, -0.05) is 20.8 Å². The number of carbonyl (C=O) groups is 3. The molecule has 0 spiro atoms. The van der Waals surface area contributed by atoms with Crippen LogP contribution in [-0.2, 0) is 14.4 Å². The van der Waals surface area contributed by atoms with Gasteiger partial charge in [0.15, 0.2) is 0 Å². The van der Waals surface area contributed by atoms with Crippen LogP contribution in [0.1, 0.15) is 33.6 Å². The summed E-state index contributed by atoms with van der Waals surface area (Å²) in [6.45, 7) is 5.53. The summed E-state index contributed by atoms with van der Waals surface area (Å²) >= 11 is 0. The molecule has 5 heteroatoms. The number of nitrogens with one attached hydrogen (secondary N) is 1. The Balaban J connectivity index is 2.53. The van der Waals surface area contributed by atoms with Crippen LogP contribution in [0.4, 0.5) is 0 Å². The van der Waals surface area contributed by atoms with E-state index in [-0.39, 0.29) is 11.7 Å². The largest absolute Gasteiger partial charge is 0.290 e. The highest BCUT2D eigenvalue weighted by Gasteiger charge is 2.77. The predicted molar refractivity (Wildman–Crippen MR) is 65.4 cm³/mol. The Bertz CT molecular complexity index is 455. The minimum atomic E-state index is -1.19. The molecule has 2 aliphatic carbocycles. The Morgan fingerprint density at radius 2 is 1.67 bits per heavy atom. The van der Waals surface area contributed by atoms with Gasteiger partial charge in [-0.15, -0.1) is 0 Å². The fraction of sp³-hybridized carbons (Fsp3) is 0.769. The number of hydrazine groups is 1. The molecule has 0 saturated heterocycles. The minimum absolute atomic E-state index is 0.350. The lowest BCUT2D eigenvalue weighted by Gasteiger charge is -2.37. The van der Waals surface area contributed by atoms with E-state index in [1.165, 1.54) is 5.01 Å². The molecule has 2 bridgehead atoms. The van der Waals surface area contributed by atoms with Gasteiger partial charge < -0.3 is 0 Å². The summed E-state index contributed by atoms with van der Waals surface area (Å²) in [6, 6.07) is 0. The van der Waals surface area contributed by atoms with Crippen LogP contribution in [0.25, 0.3) is 0 Å². The quantitative estimate of drug-likeness (QED) is 0.442. The van der Waals surface area contributed by atoms with Crippen LogP contribution in [0.2, 0.25) is 0 Å². The first-order valence-electron chi connectivity index (χ1n) is 6.19. The van der Waals surface area contributed by atoms with E-state index in [2.05, 4.69) is 5.43 Å². The molecule has 2 fully saturated rings. The molecule has 18 heavy (non-hydrogen) atoms. The summed E-state index contributed by atoms with van der Waals surface area (Å²) in [6.07, 6.45) is 1.06. The molecule has 0 aromatic rings. The first kappa shape index (κ1) is 13.2. The van der Waals surface area contributed by atoms with Crippen molar-refractivity contribution in [2.75, 3.05) is 14.1 Å². The van der Waals surface area contributed by atoms with Crippen LogP contribution >= 0.6 is 0 Å². The number of nitrogens with zero attached hydrogens (tertiary/aromatic N) is 1. The molecule has 0 radical (unpaired) electrons. The number of rotatable bonds is 2. The zero-order valence-electron chi connectivity index (χ0n) is 11.6. The topological polar surface area (TPSA) is 66.5 Å². The van der Waals surface area contributed by atoms with Gasteiger partial charge in [0.2, 0.25) is 17.5 Å². The first-order valence-corrected chi connectivity index (χ1v) is 6.19. The molecule has 2 rings (SSSR count). The van der Waals surface area contributed by atoms with E-state index < -0.39 is 22.0 Å². The minimum Gasteiger partial charge on any atom is -0.290 e. The van der Waals surface area contributed by atoms with Crippen molar-refractivity contribution in [2.24, 2.45) is 16.2 Å². The van der Waals surface area contributed by atoms with E-state index in [1.54, 1.807) is 14.1 Å². The van der Waals surface area contributed by atoms with Gasteiger partial charge in [0, 0.05) is 19.5 Å². The molecule has 0 aromatic carbocycles. The van der Waals surface area contributed by atoms with Crippen LogP contribution in [0, 0.1) is 16.2 Å². The smallest absolute Gasteiger partial charge is 0.249 e.